The first kappa shape index (κ1) is 12.8. The number of benzene rings is 1. The van der Waals surface area contributed by atoms with Gasteiger partial charge in [0.1, 0.15) is 5.75 Å². The van der Waals surface area contributed by atoms with Crippen molar-refractivity contribution in [3.05, 3.63) is 28.3 Å². The molecule has 1 aromatic rings. The Morgan fingerprint density at radius 1 is 1.44 bits per heavy atom. The molecule has 0 saturated carbocycles. The molecule has 88 valence electrons. The van der Waals surface area contributed by atoms with E-state index in [1.54, 1.807) is 19.1 Å². The quantitative estimate of drug-likeness (QED) is 0.482. The fourth-order valence-corrected chi connectivity index (χ4v) is 1.46. The SMILES string of the molecule is Cc1cc(OC(C)C(=O)NN)cc(C)c1Cl. The van der Waals surface area contributed by atoms with E-state index in [0.29, 0.717) is 10.8 Å². The number of carbonyl (C=O) groups excluding carboxylic acids is 1. The maximum absolute atomic E-state index is 11.2. The molecule has 0 saturated heterocycles. The molecule has 0 bridgehead atoms. The summed E-state index contributed by atoms with van der Waals surface area (Å²) in [6.07, 6.45) is -0.634. The van der Waals surface area contributed by atoms with E-state index in [0.717, 1.165) is 11.1 Å². The summed E-state index contributed by atoms with van der Waals surface area (Å²) in [5.74, 6) is 5.25. The zero-order chi connectivity index (χ0) is 12.3. The van der Waals surface area contributed by atoms with Crippen LogP contribution < -0.4 is 16.0 Å². The maximum Gasteiger partial charge on any atom is 0.274 e. The molecular formula is C11H15ClN2O2. The second kappa shape index (κ2) is 5.18. The molecule has 3 N–H and O–H groups in total. The number of carbonyl (C=O) groups is 1. The fraction of sp³-hybridized carbons (Fsp3) is 0.364. The second-order valence-electron chi connectivity index (χ2n) is 3.64. The van der Waals surface area contributed by atoms with Crippen LogP contribution in [0.4, 0.5) is 0 Å². The smallest absolute Gasteiger partial charge is 0.274 e. The summed E-state index contributed by atoms with van der Waals surface area (Å²) < 4.78 is 5.43. The van der Waals surface area contributed by atoms with E-state index >= 15 is 0 Å². The van der Waals surface area contributed by atoms with E-state index in [1.807, 2.05) is 19.3 Å². The van der Waals surface area contributed by atoms with Gasteiger partial charge in [0, 0.05) is 5.02 Å². The lowest BCUT2D eigenvalue weighted by Crippen LogP contribution is -2.40. The zero-order valence-corrected chi connectivity index (χ0v) is 10.3. The van der Waals surface area contributed by atoms with Crippen LogP contribution in [0.15, 0.2) is 12.1 Å². The van der Waals surface area contributed by atoms with Crippen molar-refractivity contribution in [2.45, 2.75) is 26.9 Å². The average Bonchev–Trinajstić information content (AvgIpc) is 2.24. The summed E-state index contributed by atoms with van der Waals surface area (Å²) in [5.41, 5.74) is 3.86. The number of hydrogen-bond acceptors (Lipinski definition) is 3. The van der Waals surface area contributed by atoms with Crippen LogP contribution in [0.25, 0.3) is 0 Å². The number of nitrogens with two attached hydrogens (primary N) is 1. The summed E-state index contributed by atoms with van der Waals surface area (Å²) in [7, 11) is 0. The summed E-state index contributed by atoms with van der Waals surface area (Å²) >= 11 is 6.02. The molecule has 0 radical (unpaired) electrons. The highest BCUT2D eigenvalue weighted by molar-refractivity contribution is 6.32. The van der Waals surface area contributed by atoms with Crippen LogP contribution in [0.5, 0.6) is 5.75 Å². The van der Waals surface area contributed by atoms with Gasteiger partial charge in [-0.2, -0.15) is 0 Å². The first-order valence-electron chi connectivity index (χ1n) is 4.89. The number of hydrogen-bond donors (Lipinski definition) is 2. The molecule has 0 aliphatic carbocycles. The monoisotopic (exact) mass is 242 g/mol. The van der Waals surface area contributed by atoms with Crippen LogP contribution in [0.1, 0.15) is 18.1 Å². The van der Waals surface area contributed by atoms with Crippen molar-refractivity contribution in [1.29, 1.82) is 0 Å². The zero-order valence-electron chi connectivity index (χ0n) is 9.50. The van der Waals surface area contributed by atoms with Gasteiger partial charge in [-0.25, -0.2) is 5.84 Å². The Morgan fingerprint density at radius 3 is 2.38 bits per heavy atom. The molecule has 0 spiro atoms. The third-order valence-corrected chi connectivity index (χ3v) is 2.83. The normalized spacial score (nSPS) is 12.1. The molecule has 1 rings (SSSR count). The molecule has 0 fully saturated rings. The fourth-order valence-electron chi connectivity index (χ4n) is 1.35. The van der Waals surface area contributed by atoms with Crippen molar-refractivity contribution in [1.82, 2.24) is 5.43 Å². The molecule has 16 heavy (non-hydrogen) atoms. The van der Waals surface area contributed by atoms with Gasteiger partial charge in [-0.3, -0.25) is 10.2 Å². The third-order valence-electron chi connectivity index (χ3n) is 2.23. The minimum Gasteiger partial charge on any atom is -0.481 e. The molecule has 5 heteroatoms. The molecule has 0 aromatic heterocycles. The van der Waals surface area contributed by atoms with Crippen molar-refractivity contribution in [2.75, 3.05) is 0 Å². The molecule has 1 atom stereocenters. The molecule has 0 aliphatic rings. The number of ether oxygens (including phenoxy) is 1. The van der Waals surface area contributed by atoms with E-state index < -0.39 is 6.10 Å². The van der Waals surface area contributed by atoms with Crippen molar-refractivity contribution >= 4 is 17.5 Å². The number of amides is 1. The summed E-state index contributed by atoms with van der Waals surface area (Å²) in [6.45, 7) is 5.40. The van der Waals surface area contributed by atoms with E-state index in [2.05, 4.69) is 0 Å². The Morgan fingerprint density at radius 2 is 1.94 bits per heavy atom. The highest BCUT2D eigenvalue weighted by Gasteiger charge is 2.13. The van der Waals surface area contributed by atoms with Gasteiger partial charge in [-0.05, 0) is 44.0 Å². The van der Waals surface area contributed by atoms with E-state index in [9.17, 15) is 4.79 Å². The van der Waals surface area contributed by atoms with Crippen LogP contribution in [-0.2, 0) is 4.79 Å². The number of halogens is 1. The van der Waals surface area contributed by atoms with Gasteiger partial charge in [-0.15, -0.1) is 0 Å². The van der Waals surface area contributed by atoms with E-state index in [-0.39, 0.29) is 5.91 Å². The molecule has 0 heterocycles. The Hall–Kier alpha value is -1.26. The lowest BCUT2D eigenvalue weighted by molar-refractivity contribution is -0.127. The van der Waals surface area contributed by atoms with Crippen LogP contribution in [0.3, 0.4) is 0 Å². The van der Waals surface area contributed by atoms with Crippen molar-refractivity contribution in [3.63, 3.8) is 0 Å². The Labute approximate surface area is 99.7 Å². The molecule has 0 aliphatic heterocycles. The third kappa shape index (κ3) is 2.87. The second-order valence-corrected chi connectivity index (χ2v) is 4.02. The summed E-state index contributed by atoms with van der Waals surface area (Å²) in [4.78, 5) is 11.2. The minimum absolute atomic E-state index is 0.370. The number of rotatable bonds is 3. The van der Waals surface area contributed by atoms with Gasteiger partial charge in [0.25, 0.3) is 5.91 Å². The Kier molecular flexibility index (Phi) is 4.15. The van der Waals surface area contributed by atoms with Gasteiger partial charge in [0.15, 0.2) is 6.10 Å². The standard InChI is InChI=1S/C11H15ClN2O2/c1-6-4-9(5-7(2)10(6)12)16-8(3)11(15)14-13/h4-5,8H,13H2,1-3H3,(H,14,15). The van der Waals surface area contributed by atoms with E-state index in [1.165, 1.54) is 0 Å². The number of aryl methyl sites for hydroxylation is 2. The topological polar surface area (TPSA) is 64.3 Å². The molecule has 4 nitrogen and oxygen atoms in total. The number of nitrogens with one attached hydrogen (secondary N) is 1. The first-order chi connectivity index (χ1) is 7.45. The summed E-state index contributed by atoms with van der Waals surface area (Å²) in [6, 6.07) is 3.57. The van der Waals surface area contributed by atoms with E-state index in [4.69, 9.17) is 22.2 Å². The highest BCUT2D eigenvalue weighted by atomic mass is 35.5. The predicted octanol–water partition coefficient (Wildman–Crippen LogP) is 1.71. The lowest BCUT2D eigenvalue weighted by Gasteiger charge is -2.14. The van der Waals surface area contributed by atoms with Crippen molar-refractivity contribution in [3.8, 4) is 5.75 Å². The average molecular weight is 243 g/mol. The predicted molar refractivity (Wildman–Crippen MR) is 63.3 cm³/mol. The van der Waals surface area contributed by atoms with Crippen LogP contribution in [-0.4, -0.2) is 12.0 Å². The largest absolute Gasteiger partial charge is 0.481 e. The Balaban J connectivity index is 2.86. The molecular weight excluding hydrogens is 228 g/mol. The van der Waals surface area contributed by atoms with Gasteiger partial charge < -0.3 is 4.74 Å². The maximum atomic E-state index is 11.2. The molecule has 1 aromatic carbocycles. The highest BCUT2D eigenvalue weighted by Crippen LogP contribution is 2.26. The van der Waals surface area contributed by atoms with Crippen LogP contribution in [0.2, 0.25) is 5.02 Å². The molecule has 1 amide bonds. The Bertz CT molecular complexity index is 384. The van der Waals surface area contributed by atoms with Crippen molar-refractivity contribution in [2.24, 2.45) is 5.84 Å². The van der Waals surface area contributed by atoms with Crippen LogP contribution >= 0.6 is 11.6 Å². The number of hydrazine groups is 1. The van der Waals surface area contributed by atoms with Gasteiger partial charge in [-0.1, -0.05) is 11.6 Å². The van der Waals surface area contributed by atoms with Gasteiger partial charge in [0.2, 0.25) is 0 Å². The van der Waals surface area contributed by atoms with Crippen LogP contribution in [0, 0.1) is 13.8 Å². The van der Waals surface area contributed by atoms with Gasteiger partial charge >= 0.3 is 0 Å². The van der Waals surface area contributed by atoms with Gasteiger partial charge in [0.05, 0.1) is 0 Å². The lowest BCUT2D eigenvalue weighted by atomic mass is 10.1. The summed E-state index contributed by atoms with van der Waals surface area (Å²) in [5, 5.41) is 0.711. The van der Waals surface area contributed by atoms with Crippen molar-refractivity contribution < 1.29 is 9.53 Å². The minimum atomic E-state index is -0.634. The molecule has 1 unspecified atom stereocenters. The first-order valence-corrected chi connectivity index (χ1v) is 5.27.